The van der Waals surface area contributed by atoms with Crippen LogP contribution < -0.4 is 11.1 Å². The molecule has 1 aliphatic carbocycles. The van der Waals surface area contributed by atoms with Crippen LogP contribution in [0.1, 0.15) is 46.0 Å². The number of nitrogens with one attached hydrogen (secondary N) is 1. The van der Waals surface area contributed by atoms with E-state index in [1.54, 1.807) is 0 Å². The van der Waals surface area contributed by atoms with Crippen LogP contribution in [0.3, 0.4) is 0 Å². The quantitative estimate of drug-likeness (QED) is 0.779. The van der Waals surface area contributed by atoms with Gasteiger partial charge in [-0.1, -0.05) is 13.8 Å². The molecule has 3 N–H and O–H groups in total. The van der Waals surface area contributed by atoms with Crippen LogP contribution in [-0.2, 0) is 4.79 Å². The van der Waals surface area contributed by atoms with E-state index >= 15 is 0 Å². The van der Waals surface area contributed by atoms with Gasteiger partial charge in [0.25, 0.3) is 0 Å². The molecule has 2 fully saturated rings. The van der Waals surface area contributed by atoms with Gasteiger partial charge in [-0.05, 0) is 43.9 Å². The van der Waals surface area contributed by atoms with Crippen LogP contribution >= 0.6 is 24.8 Å². The Morgan fingerprint density at radius 3 is 2.24 bits per heavy atom. The monoisotopic (exact) mass is 339 g/mol. The van der Waals surface area contributed by atoms with Crippen molar-refractivity contribution in [1.82, 2.24) is 10.2 Å². The number of amides is 1. The van der Waals surface area contributed by atoms with Crippen molar-refractivity contribution >= 4 is 30.7 Å². The molecule has 4 nitrogen and oxygen atoms in total. The molecule has 0 aromatic heterocycles. The van der Waals surface area contributed by atoms with E-state index < -0.39 is 0 Å². The second-order valence-electron chi connectivity index (χ2n) is 6.76. The molecule has 1 heterocycles. The fourth-order valence-corrected chi connectivity index (χ4v) is 2.85. The van der Waals surface area contributed by atoms with E-state index in [-0.39, 0.29) is 36.8 Å². The zero-order chi connectivity index (χ0) is 13.8. The fraction of sp³-hybridized carbons (Fsp3) is 0.933. The summed E-state index contributed by atoms with van der Waals surface area (Å²) in [6, 6.07) is -0.00865. The summed E-state index contributed by atoms with van der Waals surface area (Å²) in [5.41, 5.74) is 5.91. The summed E-state index contributed by atoms with van der Waals surface area (Å²) in [6.45, 7) is 7.72. The minimum atomic E-state index is -0.343. The fourth-order valence-electron chi connectivity index (χ4n) is 2.85. The van der Waals surface area contributed by atoms with Crippen molar-refractivity contribution in [3.05, 3.63) is 0 Å². The lowest BCUT2D eigenvalue weighted by Crippen LogP contribution is -2.50. The van der Waals surface area contributed by atoms with E-state index in [1.807, 2.05) is 0 Å². The van der Waals surface area contributed by atoms with Crippen molar-refractivity contribution in [2.45, 2.75) is 58.0 Å². The number of nitrogens with zero attached hydrogens (tertiary/aromatic N) is 1. The predicted octanol–water partition coefficient (Wildman–Crippen LogP) is 2.19. The first-order chi connectivity index (χ1) is 9.04. The lowest BCUT2D eigenvalue weighted by molar-refractivity contribution is -0.123. The van der Waals surface area contributed by atoms with Gasteiger partial charge in [0.05, 0.1) is 6.04 Å². The van der Waals surface area contributed by atoms with Gasteiger partial charge in [-0.15, -0.1) is 24.8 Å². The van der Waals surface area contributed by atoms with Crippen LogP contribution in [0.5, 0.6) is 0 Å². The van der Waals surface area contributed by atoms with E-state index in [1.165, 1.54) is 19.4 Å². The summed E-state index contributed by atoms with van der Waals surface area (Å²) in [5, 5.41) is 3.12. The Balaban J connectivity index is 0.00000200. The first-order valence-corrected chi connectivity index (χ1v) is 7.83. The third-order valence-corrected chi connectivity index (χ3v) is 4.21. The lowest BCUT2D eigenvalue weighted by Gasteiger charge is -2.33. The highest BCUT2D eigenvalue weighted by Gasteiger charge is 2.28. The van der Waals surface area contributed by atoms with Gasteiger partial charge in [0.2, 0.25) is 5.91 Å². The van der Waals surface area contributed by atoms with Gasteiger partial charge >= 0.3 is 0 Å². The summed E-state index contributed by atoms with van der Waals surface area (Å²) in [7, 11) is 0. The normalized spacial score (nSPS) is 21.3. The molecule has 1 amide bonds. The van der Waals surface area contributed by atoms with Gasteiger partial charge in [-0.2, -0.15) is 0 Å². The van der Waals surface area contributed by atoms with E-state index in [9.17, 15) is 4.79 Å². The van der Waals surface area contributed by atoms with Crippen molar-refractivity contribution in [3.63, 3.8) is 0 Å². The van der Waals surface area contributed by atoms with Gasteiger partial charge < -0.3 is 16.0 Å². The SMILES string of the molecule is CC(C)C[C@H](N)C(=O)NC1CCN(CC2CC2)CC1.Cl.Cl. The molecule has 0 aromatic rings. The van der Waals surface area contributed by atoms with Gasteiger partial charge in [0.1, 0.15) is 0 Å². The van der Waals surface area contributed by atoms with E-state index in [0.717, 1.165) is 38.3 Å². The summed E-state index contributed by atoms with van der Waals surface area (Å²) in [4.78, 5) is 14.5. The van der Waals surface area contributed by atoms with Crippen molar-refractivity contribution in [1.29, 1.82) is 0 Å². The molecule has 1 aliphatic heterocycles. The molecule has 1 saturated carbocycles. The Morgan fingerprint density at radius 1 is 1.19 bits per heavy atom. The standard InChI is InChI=1S/C15H29N3O.2ClH/c1-11(2)9-14(16)15(19)17-13-5-7-18(8-6-13)10-12-3-4-12;;/h11-14H,3-10,16H2,1-2H3,(H,17,19);2*1H/t14-;;/m0../s1. The van der Waals surface area contributed by atoms with Gasteiger partial charge in [0.15, 0.2) is 0 Å². The van der Waals surface area contributed by atoms with Gasteiger partial charge in [-0.25, -0.2) is 0 Å². The molecule has 0 spiro atoms. The van der Waals surface area contributed by atoms with Crippen LogP contribution in [0.15, 0.2) is 0 Å². The number of carbonyl (C=O) groups excluding carboxylic acids is 1. The first-order valence-electron chi connectivity index (χ1n) is 7.83. The minimum Gasteiger partial charge on any atom is -0.352 e. The Bertz CT molecular complexity index is 303. The number of halogens is 2. The highest BCUT2D eigenvalue weighted by molar-refractivity contribution is 5.85. The van der Waals surface area contributed by atoms with Gasteiger partial charge in [-0.3, -0.25) is 4.79 Å². The molecule has 0 radical (unpaired) electrons. The third kappa shape index (κ3) is 7.68. The molecule has 21 heavy (non-hydrogen) atoms. The number of nitrogens with two attached hydrogens (primary N) is 1. The van der Waals surface area contributed by atoms with Crippen LogP contribution in [0, 0.1) is 11.8 Å². The second-order valence-corrected chi connectivity index (χ2v) is 6.76. The Kier molecular flexibility index (Phi) is 9.87. The average molecular weight is 340 g/mol. The maximum Gasteiger partial charge on any atom is 0.237 e. The van der Waals surface area contributed by atoms with Crippen molar-refractivity contribution < 1.29 is 4.79 Å². The average Bonchev–Trinajstić information content (AvgIpc) is 3.14. The molecule has 2 aliphatic rings. The number of rotatable bonds is 6. The Morgan fingerprint density at radius 2 is 1.76 bits per heavy atom. The molecular weight excluding hydrogens is 309 g/mol. The number of carbonyl (C=O) groups is 1. The number of hydrogen-bond acceptors (Lipinski definition) is 3. The number of piperidine rings is 1. The largest absolute Gasteiger partial charge is 0.352 e. The van der Waals surface area contributed by atoms with Crippen molar-refractivity contribution in [3.8, 4) is 0 Å². The van der Waals surface area contributed by atoms with Crippen LogP contribution in [-0.4, -0.2) is 42.5 Å². The molecule has 2 rings (SSSR count). The Labute approximate surface area is 141 Å². The van der Waals surface area contributed by atoms with Crippen LogP contribution in [0.2, 0.25) is 0 Å². The summed E-state index contributed by atoms with van der Waals surface area (Å²) >= 11 is 0. The second kappa shape index (κ2) is 9.88. The molecule has 6 heteroatoms. The zero-order valence-electron chi connectivity index (χ0n) is 13.2. The topological polar surface area (TPSA) is 58.4 Å². The molecule has 0 unspecified atom stereocenters. The molecule has 1 saturated heterocycles. The van der Waals surface area contributed by atoms with Gasteiger partial charge in [0, 0.05) is 25.7 Å². The predicted molar refractivity (Wildman–Crippen MR) is 92.3 cm³/mol. The molecule has 1 atom stereocenters. The molecule has 126 valence electrons. The lowest BCUT2D eigenvalue weighted by atomic mass is 10.0. The van der Waals surface area contributed by atoms with Crippen LogP contribution in [0.25, 0.3) is 0 Å². The molecular formula is C15H31Cl2N3O. The van der Waals surface area contributed by atoms with Crippen LogP contribution in [0.4, 0.5) is 0 Å². The number of likely N-dealkylation sites (tertiary alicyclic amines) is 1. The Hall–Kier alpha value is -0.0300. The molecule has 0 aromatic carbocycles. The maximum atomic E-state index is 12.0. The maximum absolute atomic E-state index is 12.0. The zero-order valence-corrected chi connectivity index (χ0v) is 14.8. The van der Waals surface area contributed by atoms with Crippen molar-refractivity contribution in [2.24, 2.45) is 17.6 Å². The molecule has 0 bridgehead atoms. The van der Waals surface area contributed by atoms with Crippen molar-refractivity contribution in [2.75, 3.05) is 19.6 Å². The summed E-state index contributed by atoms with van der Waals surface area (Å²) in [6.07, 6.45) is 5.76. The highest BCUT2D eigenvalue weighted by atomic mass is 35.5. The van der Waals surface area contributed by atoms with E-state index in [4.69, 9.17) is 5.73 Å². The summed E-state index contributed by atoms with van der Waals surface area (Å²) in [5.74, 6) is 1.47. The minimum absolute atomic E-state index is 0. The smallest absolute Gasteiger partial charge is 0.237 e. The highest BCUT2D eigenvalue weighted by Crippen LogP contribution is 2.30. The van der Waals surface area contributed by atoms with E-state index in [0.29, 0.717) is 12.0 Å². The first kappa shape index (κ1) is 21.0. The van der Waals surface area contributed by atoms with E-state index in [2.05, 4.69) is 24.1 Å². The number of hydrogen-bond donors (Lipinski definition) is 2. The summed E-state index contributed by atoms with van der Waals surface area (Å²) < 4.78 is 0. The third-order valence-electron chi connectivity index (χ3n) is 4.21.